The molecular weight excluding hydrogens is 232 g/mol. The molecule has 92 valence electrons. The van der Waals surface area contributed by atoms with Crippen molar-refractivity contribution in [2.45, 2.75) is 26.7 Å². The van der Waals surface area contributed by atoms with E-state index in [0.29, 0.717) is 5.41 Å². The molecule has 0 saturated heterocycles. The Hall–Kier alpha value is -1.10. The van der Waals surface area contributed by atoms with Gasteiger partial charge in [-0.15, -0.1) is 0 Å². The van der Waals surface area contributed by atoms with E-state index in [1.165, 1.54) is 19.2 Å². The van der Waals surface area contributed by atoms with Crippen molar-refractivity contribution in [1.29, 1.82) is 0 Å². The van der Waals surface area contributed by atoms with E-state index in [-0.39, 0.29) is 0 Å². The zero-order valence-electron chi connectivity index (χ0n) is 10.3. The third-order valence-electron chi connectivity index (χ3n) is 3.38. The third-order valence-corrected chi connectivity index (χ3v) is 4.65. The molecular formula is C12H18N4S. The molecule has 0 aromatic carbocycles. The van der Waals surface area contributed by atoms with Gasteiger partial charge in [0.15, 0.2) is 5.17 Å². The molecule has 0 atom stereocenters. The van der Waals surface area contributed by atoms with Crippen LogP contribution in [-0.2, 0) is 0 Å². The highest BCUT2D eigenvalue weighted by atomic mass is 32.2. The molecule has 1 aromatic heterocycles. The first kappa shape index (κ1) is 12.4. The Morgan fingerprint density at radius 1 is 1.29 bits per heavy atom. The first-order chi connectivity index (χ1) is 8.28. The van der Waals surface area contributed by atoms with Crippen LogP contribution in [-0.4, -0.2) is 27.4 Å². The Kier molecular flexibility index (Phi) is 3.99. The predicted octanol–water partition coefficient (Wildman–Crippen LogP) is 2.80. The second kappa shape index (κ2) is 5.49. The van der Waals surface area contributed by atoms with Crippen LogP contribution in [0.4, 0.5) is 5.69 Å². The summed E-state index contributed by atoms with van der Waals surface area (Å²) in [5.41, 5.74) is 1.29. The minimum atomic E-state index is 0.392. The second-order valence-electron chi connectivity index (χ2n) is 4.37. The molecule has 1 aliphatic rings. The maximum atomic E-state index is 4.63. The summed E-state index contributed by atoms with van der Waals surface area (Å²) in [6, 6.07) is 0. The summed E-state index contributed by atoms with van der Waals surface area (Å²) >= 11 is 1.80. The average molecular weight is 250 g/mol. The fourth-order valence-electron chi connectivity index (χ4n) is 1.79. The Bertz CT molecular complexity index is 387. The number of aliphatic imine (C=N–C) groups is 1. The Labute approximate surface area is 106 Å². The quantitative estimate of drug-likeness (QED) is 0.896. The number of aromatic nitrogens is 2. The first-order valence-electron chi connectivity index (χ1n) is 5.97. The lowest BCUT2D eigenvalue weighted by atomic mass is 9.84. The lowest BCUT2D eigenvalue weighted by molar-refractivity contribution is 0.318. The van der Waals surface area contributed by atoms with Crippen molar-refractivity contribution in [2.75, 3.05) is 17.6 Å². The Morgan fingerprint density at radius 2 is 2.00 bits per heavy atom. The number of nitrogens with zero attached hydrogens (tertiary/aromatic N) is 3. The summed E-state index contributed by atoms with van der Waals surface area (Å²) in [6.07, 6.45) is 7.44. The highest BCUT2D eigenvalue weighted by Gasteiger charge is 2.30. The van der Waals surface area contributed by atoms with Gasteiger partial charge in [0.05, 0.1) is 18.1 Å². The zero-order valence-corrected chi connectivity index (χ0v) is 11.1. The van der Waals surface area contributed by atoms with Crippen LogP contribution >= 0.6 is 11.8 Å². The molecule has 0 aliphatic carbocycles. The number of hydrogen-bond donors (Lipinski definition) is 1. The van der Waals surface area contributed by atoms with E-state index in [9.17, 15) is 0 Å². The molecule has 4 nitrogen and oxygen atoms in total. The number of thioether (sulfide) groups is 1. The molecule has 2 rings (SSSR count). The zero-order chi connectivity index (χ0) is 12.1. The molecule has 17 heavy (non-hydrogen) atoms. The van der Waals surface area contributed by atoms with Crippen LogP contribution in [0, 0.1) is 5.41 Å². The highest BCUT2D eigenvalue weighted by molar-refractivity contribution is 8.14. The average Bonchev–Trinajstić information content (AvgIpc) is 2.41. The van der Waals surface area contributed by atoms with Crippen LogP contribution in [0.5, 0.6) is 0 Å². The lowest BCUT2D eigenvalue weighted by Crippen LogP contribution is -2.32. The number of amidine groups is 1. The summed E-state index contributed by atoms with van der Waals surface area (Å²) in [5.74, 6) is 1.14. The van der Waals surface area contributed by atoms with E-state index in [1.54, 1.807) is 24.2 Å². The maximum absolute atomic E-state index is 4.63. The van der Waals surface area contributed by atoms with Crippen molar-refractivity contribution in [3.8, 4) is 0 Å². The van der Waals surface area contributed by atoms with Gasteiger partial charge in [0.25, 0.3) is 0 Å². The van der Waals surface area contributed by atoms with Crippen LogP contribution < -0.4 is 5.32 Å². The molecule has 0 fully saturated rings. The van der Waals surface area contributed by atoms with Crippen LogP contribution in [0.3, 0.4) is 0 Å². The lowest BCUT2D eigenvalue weighted by Gasteiger charge is -2.33. The molecule has 0 saturated carbocycles. The monoisotopic (exact) mass is 250 g/mol. The van der Waals surface area contributed by atoms with E-state index in [4.69, 9.17) is 0 Å². The molecule has 1 aromatic rings. The van der Waals surface area contributed by atoms with Gasteiger partial charge in [-0.05, 0) is 18.3 Å². The minimum Gasteiger partial charge on any atom is -0.332 e. The van der Waals surface area contributed by atoms with Gasteiger partial charge in [-0.2, -0.15) is 0 Å². The highest BCUT2D eigenvalue weighted by Crippen LogP contribution is 2.35. The summed E-state index contributed by atoms with van der Waals surface area (Å²) in [4.78, 5) is 12.6. The van der Waals surface area contributed by atoms with Crippen molar-refractivity contribution in [3.05, 3.63) is 18.7 Å². The molecule has 5 heteroatoms. The fraction of sp³-hybridized carbons (Fsp3) is 0.583. The Balaban J connectivity index is 2.00. The molecule has 0 spiro atoms. The largest absolute Gasteiger partial charge is 0.332 e. The molecule has 0 bridgehead atoms. The number of nitrogens with one attached hydrogen (secondary N) is 1. The van der Waals surface area contributed by atoms with Gasteiger partial charge in [0.1, 0.15) is 6.33 Å². The molecule has 0 amide bonds. The summed E-state index contributed by atoms with van der Waals surface area (Å²) in [5, 5.41) is 4.24. The van der Waals surface area contributed by atoms with Gasteiger partial charge in [-0.1, -0.05) is 25.6 Å². The standard InChI is InChI=1S/C12H18N4S/c1-3-12(4-2)7-15-11(17-8-12)16-10-5-13-9-14-6-10/h5-6,9H,3-4,7-8H2,1-2H3,(H,15,16). The van der Waals surface area contributed by atoms with Crippen molar-refractivity contribution in [3.63, 3.8) is 0 Å². The van der Waals surface area contributed by atoms with E-state index >= 15 is 0 Å². The molecule has 1 aliphatic heterocycles. The maximum Gasteiger partial charge on any atom is 0.161 e. The number of rotatable bonds is 3. The van der Waals surface area contributed by atoms with Gasteiger partial charge in [-0.25, -0.2) is 9.97 Å². The van der Waals surface area contributed by atoms with Crippen LogP contribution in [0.15, 0.2) is 23.7 Å². The van der Waals surface area contributed by atoms with Gasteiger partial charge in [0.2, 0.25) is 0 Å². The third kappa shape index (κ3) is 2.97. The summed E-state index contributed by atoms with van der Waals surface area (Å²) < 4.78 is 0. The van der Waals surface area contributed by atoms with Crippen molar-refractivity contribution < 1.29 is 0 Å². The normalized spacial score (nSPS) is 18.6. The summed E-state index contributed by atoms with van der Waals surface area (Å²) in [6.45, 7) is 5.43. The minimum absolute atomic E-state index is 0.392. The SMILES string of the molecule is CCC1(CC)CN=C(Nc2cncnc2)SC1. The second-order valence-corrected chi connectivity index (χ2v) is 5.33. The number of anilines is 1. The molecule has 2 heterocycles. The molecule has 0 radical (unpaired) electrons. The predicted molar refractivity (Wildman–Crippen MR) is 73.4 cm³/mol. The van der Waals surface area contributed by atoms with Gasteiger partial charge >= 0.3 is 0 Å². The van der Waals surface area contributed by atoms with E-state index in [0.717, 1.165) is 23.2 Å². The van der Waals surface area contributed by atoms with E-state index in [2.05, 4.69) is 34.1 Å². The van der Waals surface area contributed by atoms with Gasteiger partial charge < -0.3 is 5.32 Å². The van der Waals surface area contributed by atoms with Crippen LogP contribution in [0.25, 0.3) is 0 Å². The van der Waals surface area contributed by atoms with Crippen molar-refractivity contribution >= 4 is 22.6 Å². The van der Waals surface area contributed by atoms with Crippen LogP contribution in [0.1, 0.15) is 26.7 Å². The molecule has 1 N–H and O–H groups in total. The number of hydrogen-bond acceptors (Lipinski definition) is 5. The topological polar surface area (TPSA) is 50.2 Å². The Morgan fingerprint density at radius 3 is 2.53 bits per heavy atom. The van der Waals surface area contributed by atoms with E-state index < -0.39 is 0 Å². The summed E-state index contributed by atoms with van der Waals surface area (Å²) in [7, 11) is 0. The van der Waals surface area contributed by atoms with Crippen molar-refractivity contribution in [2.24, 2.45) is 10.4 Å². The molecule has 0 unspecified atom stereocenters. The van der Waals surface area contributed by atoms with Crippen molar-refractivity contribution in [1.82, 2.24) is 9.97 Å². The van der Waals surface area contributed by atoms with Gasteiger partial charge in [-0.3, -0.25) is 4.99 Å². The van der Waals surface area contributed by atoms with E-state index in [1.807, 2.05) is 0 Å². The smallest absolute Gasteiger partial charge is 0.161 e. The van der Waals surface area contributed by atoms with Crippen LogP contribution in [0.2, 0.25) is 0 Å². The van der Waals surface area contributed by atoms with Gasteiger partial charge in [0, 0.05) is 12.3 Å². The fourth-order valence-corrected chi connectivity index (χ4v) is 3.08. The first-order valence-corrected chi connectivity index (χ1v) is 6.96.